The van der Waals surface area contributed by atoms with Crippen LogP contribution in [0.15, 0.2) is 42.7 Å². The van der Waals surface area contributed by atoms with E-state index in [9.17, 15) is 47.3 Å². The summed E-state index contributed by atoms with van der Waals surface area (Å²) in [5.74, 6) is -0.223. The number of methoxy groups -OCH3 is 1. The molecule has 3 aliphatic rings. The third-order valence-electron chi connectivity index (χ3n) is 11.7. The summed E-state index contributed by atoms with van der Waals surface area (Å²) < 4.78 is 129. The van der Waals surface area contributed by atoms with E-state index in [-0.39, 0.29) is 60.7 Å². The molecule has 0 amide bonds. The lowest BCUT2D eigenvalue weighted by Gasteiger charge is -2.28. The summed E-state index contributed by atoms with van der Waals surface area (Å²) in [6.45, 7) is -13.6. The minimum atomic E-state index is -4.65. The molecule has 0 bridgehead atoms. The van der Waals surface area contributed by atoms with Gasteiger partial charge in [-0.05, 0) is 51.8 Å². The molecule has 4 aromatic heterocycles. The van der Waals surface area contributed by atoms with Crippen LogP contribution in [0.5, 0.6) is 0 Å². The third-order valence-corrected chi connectivity index (χ3v) is 20.1. The van der Waals surface area contributed by atoms with Crippen molar-refractivity contribution >= 4 is 92.4 Å². The Bertz CT molecular complexity index is 3270. The summed E-state index contributed by atoms with van der Waals surface area (Å²) in [5, 5.41) is 9.32. The topological polar surface area (TPSA) is 399 Å². The molecule has 7 heterocycles. The zero-order chi connectivity index (χ0) is 56.4. The van der Waals surface area contributed by atoms with E-state index >= 15 is 0 Å². The Kier molecular flexibility index (Phi) is 20.6. The van der Waals surface area contributed by atoms with E-state index in [4.69, 9.17) is 60.9 Å². The average molecular weight is 1240 g/mol. The Labute approximate surface area is 455 Å². The molecular formula is C38H57N9O22P4S4. The number of hydrogen-bond acceptors (Lipinski definition) is 26. The standard InChI is InChI=1S/C38H57N9O22P4S4/c1-18(2)66-70(54,74)60-14-24-22(11-27(64-24)47-17-40-28-31(47)41-36(39)42-34(28)51)68-71(55,75)61-15-23-21(10-26(63-23)45-12-19(3)32(49)43-37(45)52)67-72(56,76)62-16-25-29(69-73(57,77-6)59-9-7-8-48)30(58-5)35(65-25)46-13-20(4)33(50)44-38(46)53/h12-13,17-18,21-27,29-30,35,48H,7-11,14-16H2,1-6H3,(H,54,74)(H,55,75)(H,56,76)(H,43,49,52)(H,44,50,53)(H3,39,41,42,51)/t21?,22?,23-,24-,25-,26-,27-,29?,30?,35-,70?,71?,72?,73?/m1/s1. The van der Waals surface area contributed by atoms with Crippen LogP contribution in [-0.4, -0.2) is 139 Å². The summed E-state index contributed by atoms with van der Waals surface area (Å²) in [6, 6.07) is 0. The number of imidazole rings is 1. The van der Waals surface area contributed by atoms with Crippen LogP contribution in [0.4, 0.5) is 5.95 Å². The van der Waals surface area contributed by atoms with Crippen LogP contribution in [-0.2, 0) is 73.4 Å². The highest BCUT2D eigenvalue weighted by Crippen LogP contribution is 2.63. The van der Waals surface area contributed by atoms with Gasteiger partial charge in [-0.1, -0.05) is 36.7 Å². The molecule has 0 spiro atoms. The molecule has 3 saturated heterocycles. The second kappa shape index (κ2) is 25.6. The van der Waals surface area contributed by atoms with Crippen molar-refractivity contribution in [3.05, 3.63) is 81.9 Å². The van der Waals surface area contributed by atoms with E-state index in [2.05, 4.69) is 61.7 Å². The van der Waals surface area contributed by atoms with Crippen molar-refractivity contribution in [3.63, 3.8) is 0 Å². The van der Waals surface area contributed by atoms with Crippen LogP contribution in [0.3, 0.4) is 0 Å². The Balaban J connectivity index is 1.12. The van der Waals surface area contributed by atoms with E-state index in [0.717, 1.165) is 9.13 Å². The first kappa shape index (κ1) is 61.9. The first-order valence-electron chi connectivity index (χ1n) is 23.1. The number of fused-ring (bicyclic) bond motifs is 1. The number of nitrogen functional groups attached to an aromatic ring is 1. The fourth-order valence-electron chi connectivity index (χ4n) is 8.16. The van der Waals surface area contributed by atoms with E-state index in [1.807, 2.05) is 0 Å². The van der Waals surface area contributed by atoms with Crippen molar-refractivity contribution in [2.45, 2.75) is 114 Å². The van der Waals surface area contributed by atoms with Crippen molar-refractivity contribution in [1.29, 1.82) is 0 Å². The number of thiol groups is 3. The molecule has 7 rings (SSSR count). The number of hydrogen-bond donors (Lipinski definition) is 8. The predicted molar refractivity (Wildman–Crippen MR) is 284 cm³/mol. The fraction of sp³-hybridized carbons (Fsp3) is 0.658. The molecule has 0 aliphatic carbocycles. The van der Waals surface area contributed by atoms with Gasteiger partial charge in [0.15, 0.2) is 17.4 Å². The van der Waals surface area contributed by atoms with Crippen molar-refractivity contribution in [3.8, 4) is 0 Å². The number of ether oxygens (including phenoxy) is 4. The van der Waals surface area contributed by atoms with E-state index in [0.29, 0.717) is 11.4 Å². The Hall–Kier alpha value is -2.69. The number of H-pyrrole nitrogens is 3. The summed E-state index contributed by atoms with van der Waals surface area (Å²) >= 11 is 13.2. The number of anilines is 1. The zero-order valence-corrected chi connectivity index (χ0v) is 48.7. The molecule has 8 unspecified atom stereocenters. The first-order valence-corrected chi connectivity index (χ1v) is 34.5. The molecule has 77 heavy (non-hydrogen) atoms. The maximum Gasteiger partial charge on any atom is 0.389 e. The van der Waals surface area contributed by atoms with E-state index < -0.39 is 143 Å². The van der Waals surface area contributed by atoms with Crippen molar-refractivity contribution in [1.82, 2.24) is 38.6 Å². The number of nitrogens with two attached hydrogens (primary N) is 1. The molecule has 0 aromatic carbocycles. The summed E-state index contributed by atoms with van der Waals surface area (Å²) in [4.78, 5) is 78.3. The van der Waals surface area contributed by atoms with Gasteiger partial charge < -0.3 is 34.3 Å². The molecular weight excluding hydrogens is 1190 g/mol. The Morgan fingerprint density at radius 1 is 0.753 bits per heavy atom. The molecule has 3 aliphatic heterocycles. The predicted octanol–water partition coefficient (Wildman–Crippen LogP) is 3.52. The molecule has 14 atom stereocenters. The average Bonchev–Trinajstić information content (AvgIpc) is 4.16. The van der Waals surface area contributed by atoms with Gasteiger partial charge in [-0.15, -0.1) is 0 Å². The number of aromatic amines is 3. The van der Waals surface area contributed by atoms with Gasteiger partial charge in [0, 0.05) is 50.1 Å². The monoisotopic (exact) mass is 1240 g/mol. The molecule has 4 aromatic rings. The van der Waals surface area contributed by atoms with Gasteiger partial charge in [0.05, 0.1) is 38.9 Å². The molecule has 3 fully saturated rings. The number of rotatable bonds is 26. The van der Waals surface area contributed by atoms with Crippen molar-refractivity contribution in [2.75, 3.05) is 52.1 Å². The Morgan fingerprint density at radius 2 is 1.29 bits per heavy atom. The number of nitrogens with zero attached hydrogens (tertiary/aromatic N) is 5. The van der Waals surface area contributed by atoms with Gasteiger partial charge in [0.2, 0.25) is 5.95 Å². The van der Waals surface area contributed by atoms with Crippen LogP contribution in [0.1, 0.15) is 62.9 Å². The lowest BCUT2D eigenvalue weighted by molar-refractivity contribution is -0.0625. The van der Waals surface area contributed by atoms with Crippen LogP contribution in [0.25, 0.3) is 11.2 Å². The van der Waals surface area contributed by atoms with Gasteiger partial charge in [0.1, 0.15) is 55.2 Å². The summed E-state index contributed by atoms with van der Waals surface area (Å²) in [7, 11) is 1.25. The van der Waals surface area contributed by atoms with Crippen LogP contribution in [0, 0.1) is 13.8 Å². The highest BCUT2D eigenvalue weighted by molar-refractivity contribution is 8.54. The minimum absolute atomic E-state index is 0.0254. The van der Waals surface area contributed by atoms with Crippen LogP contribution in [0.2, 0.25) is 0 Å². The maximum atomic E-state index is 14.3. The smallest absolute Gasteiger partial charge is 0.389 e. The van der Waals surface area contributed by atoms with Gasteiger partial charge >= 0.3 is 38.6 Å². The van der Waals surface area contributed by atoms with Gasteiger partial charge in [-0.3, -0.25) is 74.7 Å². The number of nitrogens with one attached hydrogen (secondary N) is 3. The van der Waals surface area contributed by atoms with Gasteiger partial charge in [-0.2, -0.15) is 4.98 Å². The molecule has 6 N–H and O–H groups in total. The summed E-state index contributed by atoms with van der Waals surface area (Å²) in [5.41, 5.74) is 2.19. The zero-order valence-electron chi connectivity index (χ0n) is 41.6. The molecule has 430 valence electrons. The lowest BCUT2D eigenvalue weighted by Crippen LogP contribution is -2.40. The quantitative estimate of drug-likeness (QED) is 0.0253. The van der Waals surface area contributed by atoms with Crippen LogP contribution >= 0.6 is 75.3 Å². The van der Waals surface area contributed by atoms with E-state index in [1.54, 1.807) is 13.8 Å². The first-order chi connectivity index (χ1) is 36.1. The minimum Gasteiger partial charge on any atom is -0.396 e. The number of aliphatic hydroxyl groups is 1. The van der Waals surface area contributed by atoms with Gasteiger partial charge in [0.25, 0.3) is 16.7 Å². The number of aryl methyl sites for hydroxylation is 2. The molecule has 31 nitrogen and oxygen atoms in total. The molecule has 0 saturated carbocycles. The SMILES string of the molecule is COC1C(OP(=O)(OCCCO)SC)[C@@H](COP(=O)(S)OC2C[C@H](n3cc(C)c(=O)[nH]c3=O)O[C@@H]2COP(=O)(S)OC2C[C@H](n3cnc4c(=O)[nH]c(N)nc43)O[C@@H]2COP(=O)(S)OC(C)C)O[C@H]1n1cc(C)c(=O)[nH]c1=O. The third kappa shape index (κ3) is 15.5. The maximum absolute atomic E-state index is 14.3. The second-order valence-electron chi connectivity index (χ2n) is 17.6. The number of aromatic nitrogens is 8. The van der Waals surface area contributed by atoms with Crippen molar-refractivity contribution in [2.24, 2.45) is 0 Å². The Morgan fingerprint density at radius 3 is 1.83 bits per heavy atom. The van der Waals surface area contributed by atoms with Crippen molar-refractivity contribution < 1.29 is 78.5 Å². The van der Waals surface area contributed by atoms with Gasteiger partial charge in [-0.25, -0.2) is 32.8 Å². The van der Waals surface area contributed by atoms with Crippen LogP contribution < -0.4 is 33.8 Å². The highest BCUT2D eigenvalue weighted by atomic mass is 32.7. The second-order valence-corrected chi connectivity index (χ2v) is 30.4. The molecule has 0 radical (unpaired) electrons. The number of aliphatic hydroxyl groups excluding tert-OH is 1. The van der Waals surface area contributed by atoms with E-state index in [1.165, 1.54) is 50.5 Å². The largest absolute Gasteiger partial charge is 0.396 e. The summed E-state index contributed by atoms with van der Waals surface area (Å²) in [6.07, 6.45) is -8.76. The normalized spacial score (nSPS) is 27.9. The fourth-order valence-corrected chi connectivity index (χ4v) is 15.2. The highest BCUT2D eigenvalue weighted by Gasteiger charge is 2.52. The molecule has 39 heteroatoms. The lowest BCUT2D eigenvalue weighted by atomic mass is 10.1.